The van der Waals surface area contributed by atoms with Gasteiger partial charge in [0.15, 0.2) is 0 Å². The van der Waals surface area contributed by atoms with E-state index in [4.69, 9.17) is 5.73 Å². The Labute approximate surface area is 110 Å². The lowest BCUT2D eigenvalue weighted by atomic mass is 9.82. The Bertz CT molecular complexity index is 405. The lowest BCUT2D eigenvalue weighted by Crippen LogP contribution is -2.41. The van der Waals surface area contributed by atoms with Crippen LogP contribution in [0, 0.1) is 11.2 Å². The second-order valence-corrected chi connectivity index (χ2v) is 6.83. The maximum atomic E-state index is 13.3. The summed E-state index contributed by atoms with van der Waals surface area (Å²) in [5.41, 5.74) is 6.87. The minimum atomic E-state index is -0.345. The average Bonchev–Trinajstić information content (AvgIpc) is 2.16. The van der Waals surface area contributed by atoms with Crippen molar-refractivity contribution in [2.45, 2.75) is 53.1 Å². The van der Waals surface area contributed by atoms with Crippen LogP contribution in [-0.4, -0.2) is 5.54 Å². The Morgan fingerprint density at radius 1 is 1.17 bits per heavy atom. The second-order valence-electron chi connectivity index (χ2n) is 6.83. The van der Waals surface area contributed by atoms with Gasteiger partial charge in [0, 0.05) is 12.1 Å². The highest BCUT2D eigenvalue weighted by Gasteiger charge is 2.24. The number of hydrogen-bond donors (Lipinski definition) is 2. The molecule has 1 aromatic rings. The van der Waals surface area contributed by atoms with Crippen LogP contribution >= 0.6 is 0 Å². The van der Waals surface area contributed by atoms with Gasteiger partial charge in [-0.15, -0.1) is 0 Å². The number of benzene rings is 1. The fraction of sp³-hybridized carbons (Fsp3) is 0.600. The third-order valence-corrected chi connectivity index (χ3v) is 2.81. The summed E-state index contributed by atoms with van der Waals surface area (Å²) in [6.07, 6.45) is 1.05. The van der Waals surface area contributed by atoms with Crippen LogP contribution in [-0.2, 0) is 6.54 Å². The van der Waals surface area contributed by atoms with Crippen LogP contribution in [0.2, 0.25) is 0 Å². The van der Waals surface area contributed by atoms with Crippen LogP contribution in [0.3, 0.4) is 0 Å². The number of halogens is 1. The molecule has 0 saturated carbocycles. The number of rotatable bonds is 4. The topological polar surface area (TPSA) is 38.0 Å². The minimum Gasteiger partial charge on any atom is -0.396 e. The third-order valence-electron chi connectivity index (χ3n) is 2.81. The molecule has 18 heavy (non-hydrogen) atoms. The number of nitrogen functional groups attached to an aromatic ring is 1. The van der Waals surface area contributed by atoms with Crippen LogP contribution in [0.5, 0.6) is 0 Å². The molecule has 0 aliphatic carbocycles. The number of hydrogen-bond acceptors (Lipinski definition) is 2. The van der Waals surface area contributed by atoms with Crippen molar-refractivity contribution >= 4 is 5.69 Å². The van der Waals surface area contributed by atoms with Crippen LogP contribution in [0.4, 0.5) is 10.1 Å². The smallest absolute Gasteiger partial charge is 0.146 e. The van der Waals surface area contributed by atoms with E-state index in [1.807, 2.05) is 6.07 Å². The zero-order chi connectivity index (χ0) is 14.0. The highest BCUT2D eigenvalue weighted by Crippen LogP contribution is 2.27. The van der Waals surface area contributed by atoms with Gasteiger partial charge in [0.25, 0.3) is 0 Å². The zero-order valence-electron chi connectivity index (χ0n) is 12.1. The van der Waals surface area contributed by atoms with E-state index in [-0.39, 0.29) is 22.5 Å². The predicted octanol–water partition coefficient (Wildman–Crippen LogP) is 3.71. The molecule has 2 nitrogen and oxygen atoms in total. The number of nitrogens with one attached hydrogen (secondary N) is 1. The molecule has 0 saturated heterocycles. The van der Waals surface area contributed by atoms with Crippen molar-refractivity contribution in [3.8, 4) is 0 Å². The first kappa shape index (κ1) is 15.0. The normalized spacial score (nSPS) is 12.8. The maximum absolute atomic E-state index is 13.3. The minimum absolute atomic E-state index is 0.0239. The van der Waals surface area contributed by atoms with Gasteiger partial charge >= 0.3 is 0 Å². The van der Waals surface area contributed by atoms with Crippen molar-refractivity contribution in [3.63, 3.8) is 0 Å². The van der Waals surface area contributed by atoms with Gasteiger partial charge in [-0.25, -0.2) is 4.39 Å². The summed E-state index contributed by atoms with van der Waals surface area (Å²) >= 11 is 0. The van der Waals surface area contributed by atoms with Gasteiger partial charge in [-0.2, -0.15) is 0 Å². The molecule has 102 valence electrons. The first-order valence-corrected chi connectivity index (χ1v) is 6.38. The van der Waals surface area contributed by atoms with E-state index in [9.17, 15) is 4.39 Å². The summed E-state index contributed by atoms with van der Waals surface area (Å²) in [4.78, 5) is 0. The Balaban J connectivity index is 2.61. The van der Waals surface area contributed by atoms with E-state index in [1.54, 1.807) is 6.07 Å². The van der Waals surface area contributed by atoms with Gasteiger partial charge in [-0.3, -0.25) is 0 Å². The van der Waals surface area contributed by atoms with E-state index in [1.165, 1.54) is 6.07 Å². The molecule has 0 aliphatic heterocycles. The summed E-state index contributed by atoms with van der Waals surface area (Å²) in [6, 6.07) is 4.97. The molecule has 0 atom stereocenters. The van der Waals surface area contributed by atoms with E-state index in [0.717, 1.165) is 12.0 Å². The highest BCUT2D eigenvalue weighted by molar-refractivity contribution is 5.41. The first-order chi connectivity index (χ1) is 8.09. The van der Waals surface area contributed by atoms with Crippen molar-refractivity contribution < 1.29 is 4.39 Å². The SMILES string of the molecule is CC(C)(C)CC(C)(C)NCc1ccc(N)c(F)c1. The molecular weight excluding hydrogens is 227 g/mol. The molecule has 0 heterocycles. The molecule has 0 spiro atoms. The monoisotopic (exact) mass is 252 g/mol. The molecule has 0 unspecified atom stereocenters. The predicted molar refractivity (Wildman–Crippen MR) is 75.8 cm³/mol. The Morgan fingerprint density at radius 3 is 2.28 bits per heavy atom. The molecule has 3 heteroatoms. The van der Waals surface area contributed by atoms with Crippen LogP contribution < -0.4 is 11.1 Å². The van der Waals surface area contributed by atoms with Crippen molar-refractivity contribution in [1.29, 1.82) is 0 Å². The standard InChI is InChI=1S/C15H25FN2/c1-14(2,3)10-15(4,5)18-9-11-6-7-13(17)12(16)8-11/h6-8,18H,9-10,17H2,1-5H3. The van der Waals surface area contributed by atoms with E-state index in [2.05, 4.69) is 39.9 Å². The number of anilines is 1. The largest absolute Gasteiger partial charge is 0.396 e. The molecule has 0 radical (unpaired) electrons. The number of nitrogens with two attached hydrogens (primary N) is 1. The summed E-state index contributed by atoms with van der Waals surface area (Å²) < 4.78 is 13.3. The van der Waals surface area contributed by atoms with Crippen LogP contribution in [0.25, 0.3) is 0 Å². The quantitative estimate of drug-likeness (QED) is 0.802. The molecule has 3 N–H and O–H groups in total. The van der Waals surface area contributed by atoms with Gasteiger partial charge in [0.1, 0.15) is 5.82 Å². The van der Waals surface area contributed by atoms with Crippen molar-refractivity contribution in [3.05, 3.63) is 29.6 Å². The van der Waals surface area contributed by atoms with Gasteiger partial charge in [0.05, 0.1) is 5.69 Å². The molecule has 1 aromatic carbocycles. The van der Waals surface area contributed by atoms with Gasteiger partial charge < -0.3 is 11.1 Å². The molecular formula is C15H25FN2. The fourth-order valence-corrected chi connectivity index (χ4v) is 2.41. The average molecular weight is 252 g/mol. The van der Waals surface area contributed by atoms with Crippen molar-refractivity contribution in [1.82, 2.24) is 5.32 Å². The zero-order valence-corrected chi connectivity index (χ0v) is 12.1. The molecule has 0 aromatic heterocycles. The third kappa shape index (κ3) is 5.05. The Morgan fingerprint density at radius 2 is 1.78 bits per heavy atom. The van der Waals surface area contributed by atoms with E-state index in [0.29, 0.717) is 6.54 Å². The van der Waals surface area contributed by atoms with Gasteiger partial charge in [-0.1, -0.05) is 26.8 Å². The van der Waals surface area contributed by atoms with E-state index < -0.39 is 0 Å². The summed E-state index contributed by atoms with van der Waals surface area (Å²) in [6.45, 7) is 11.7. The highest BCUT2D eigenvalue weighted by atomic mass is 19.1. The molecule has 1 rings (SSSR count). The van der Waals surface area contributed by atoms with Crippen LogP contribution in [0.15, 0.2) is 18.2 Å². The maximum Gasteiger partial charge on any atom is 0.146 e. The van der Waals surface area contributed by atoms with Gasteiger partial charge in [-0.05, 0) is 43.4 Å². The lowest BCUT2D eigenvalue weighted by molar-refractivity contribution is 0.240. The summed E-state index contributed by atoms with van der Waals surface area (Å²) in [7, 11) is 0. The molecule has 0 aliphatic rings. The Hall–Kier alpha value is -1.09. The molecule has 0 bridgehead atoms. The van der Waals surface area contributed by atoms with E-state index >= 15 is 0 Å². The second kappa shape index (κ2) is 5.27. The lowest BCUT2D eigenvalue weighted by Gasteiger charge is -2.33. The van der Waals surface area contributed by atoms with Crippen LogP contribution in [0.1, 0.15) is 46.6 Å². The molecule has 0 amide bonds. The summed E-state index contributed by atoms with van der Waals surface area (Å²) in [5, 5.41) is 3.47. The summed E-state index contributed by atoms with van der Waals surface area (Å²) in [5.74, 6) is -0.345. The van der Waals surface area contributed by atoms with Gasteiger partial charge in [0.2, 0.25) is 0 Å². The first-order valence-electron chi connectivity index (χ1n) is 6.38. The molecule has 0 fully saturated rings. The van der Waals surface area contributed by atoms with Crippen molar-refractivity contribution in [2.24, 2.45) is 5.41 Å². The van der Waals surface area contributed by atoms with Crippen molar-refractivity contribution in [2.75, 3.05) is 5.73 Å². The fourth-order valence-electron chi connectivity index (χ4n) is 2.41. The Kier molecular flexibility index (Phi) is 4.38.